The van der Waals surface area contributed by atoms with Crippen LogP contribution in [0.2, 0.25) is 0 Å². The highest BCUT2D eigenvalue weighted by atomic mass is 16.5. The van der Waals surface area contributed by atoms with Gasteiger partial charge in [0.2, 0.25) is 0 Å². The molecule has 1 amide bonds. The van der Waals surface area contributed by atoms with Crippen molar-refractivity contribution < 1.29 is 24.2 Å². The van der Waals surface area contributed by atoms with Crippen LogP contribution in [0, 0.1) is 0 Å². The maximum absolute atomic E-state index is 12.7. The predicted octanol–water partition coefficient (Wildman–Crippen LogP) is 4.68. The number of hydrogen-bond donors (Lipinski definition) is 2. The molecule has 6 nitrogen and oxygen atoms in total. The molecular weight excluding hydrogens is 406 g/mol. The molecular formula is C26H23NO5. The highest BCUT2D eigenvalue weighted by Crippen LogP contribution is 2.44. The summed E-state index contributed by atoms with van der Waals surface area (Å²) in [5.41, 5.74) is 6.08. The monoisotopic (exact) mass is 429 g/mol. The second-order valence-electron chi connectivity index (χ2n) is 8.07. The van der Waals surface area contributed by atoms with Gasteiger partial charge in [-0.3, -0.25) is 4.79 Å². The molecule has 5 rings (SSSR count). The number of carboxylic acid groups (broad SMARTS) is 1. The maximum atomic E-state index is 12.7. The van der Waals surface area contributed by atoms with Gasteiger partial charge in [-0.05, 0) is 22.3 Å². The van der Waals surface area contributed by atoms with Gasteiger partial charge < -0.3 is 19.9 Å². The molecule has 1 atom stereocenters. The Kier molecular flexibility index (Phi) is 5.27. The number of benzene rings is 3. The molecule has 0 bridgehead atoms. The normalized spacial score (nSPS) is 16.3. The van der Waals surface area contributed by atoms with E-state index < -0.39 is 12.1 Å². The molecule has 0 saturated heterocycles. The molecule has 1 heterocycles. The second-order valence-corrected chi connectivity index (χ2v) is 8.07. The summed E-state index contributed by atoms with van der Waals surface area (Å²) in [6, 6.07) is 21.5. The summed E-state index contributed by atoms with van der Waals surface area (Å²) in [4.78, 5) is 23.9. The van der Waals surface area contributed by atoms with Gasteiger partial charge in [0.15, 0.2) is 0 Å². The summed E-state index contributed by atoms with van der Waals surface area (Å²) in [5, 5.41) is 12.1. The molecule has 1 unspecified atom stereocenters. The average Bonchev–Trinajstić information content (AvgIpc) is 3.12. The van der Waals surface area contributed by atoms with E-state index in [0.29, 0.717) is 24.3 Å². The van der Waals surface area contributed by atoms with Crippen molar-refractivity contribution in [3.8, 4) is 16.9 Å². The number of para-hydroxylation sites is 1. The van der Waals surface area contributed by atoms with Crippen LogP contribution < -0.4 is 10.1 Å². The Morgan fingerprint density at radius 3 is 2.28 bits per heavy atom. The fourth-order valence-corrected chi connectivity index (χ4v) is 4.72. The van der Waals surface area contributed by atoms with Crippen molar-refractivity contribution in [2.75, 3.05) is 13.2 Å². The summed E-state index contributed by atoms with van der Waals surface area (Å²) in [7, 11) is 0. The van der Waals surface area contributed by atoms with Crippen LogP contribution in [0.3, 0.4) is 0 Å². The van der Waals surface area contributed by atoms with Gasteiger partial charge in [0.1, 0.15) is 12.4 Å². The first-order valence-electron chi connectivity index (χ1n) is 10.7. The Labute approximate surface area is 185 Å². The molecule has 2 N–H and O–H groups in total. The Morgan fingerprint density at radius 2 is 1.59 bits per heavy atom. The summed E-state index contributed by atoms with van der Waals surface area (Å²) in [6.07, 6.45) is -0.0254. The number of aliphatic carboxylic acids is 1. The van der Waals surface area contributed by atoms with Crippen molar-refractivity contribution in [3.63, 3.8) is 0 Å². The third-order valence-electron chi connectivity index (χ3n) is 6.13. The smallest absolute Gasteiger partial charge is 0.407 e. The predicted molar refractivity (Wildman–Crippen MR) is 119 cm³/mol. The molecule has 1 aliphatic heterocycles. The number of alkyl carbamates (subject to hydrolysis) is 1. The van der Waals surface area contributed by atoms with E-state index in [2.05, 4.69) is 29.6 Å². The summed E-state index contributed by atoms with van der Waals surface area (Å²) in [5.74, 6) is -0.379. The minimum atomic E-state index is -0.923. The van der Waals surface area contributed by atoms with E-state index in [-0.39, 0.29) is 25.0 Å². The fraction of sp³-hybridized carbons (Fsp3) is 0.231. The lowest BCUT2D eigenvalue weighted by Crippen LogP contribution is -2.33. The van der Waals surface area contributed by atoms with E-state index in [0.717, 1.165) is 16.7 Å². The lowest BCUT2D eigenvalue weighted by molar-refractivity contribution is -0.136. The lowest BCUT2D eigenvalue weighted by Gasteiger charge is -2.28. The van der Waals surface area contributed by atoms with Crippen LogP contribution in [0.25, 0.3) is 11.1 Å². The molecule has 0 spiro atoms. The third-order valence-corrected chi connectivity index (χ3v) is 6.13. The van der Waals surface area contributed by atoms with Crippen LogP contribution in [-0.2, 0) is 16.0 Å². The topological polar surface area (TPSA) is 84.9 Å². The molecule has 2 aliphatic rings. The zero-order valence-electron chi connectivity index (χ0n) is 17.4. The Balaban J connectivity index is 1.30. The highest BCUT2D eigenvalue weighted by Gasteiger charge is 2.30. The van der Waals surface area contributed by atoms with Crippen LogP contribution >= 0.6 is 0 Å². The van der Waals surface area contributed by atoms with Gasteiger partial charge >= 0.3 is 12.1 Å². The van der Waals surface area contributed by atoms with Crippen LogP contribution in [0.15, 0.2) is 66.7 Å². The first-order valence-corrected chi connectivity index (χ1v) is 10.7. The van der Waals surface area contributed by atoms with Crippen molar-refractivity contribution in [1.82, 2.24) is 5.32 Å². The third kappa shape index (κ3) is 3.68. The number of ether oxygens (including phenoxy) is 2. The zero-order valence-corrected chi connectivity index (χ0v) is 17.4. The van der Waals surface area contributed by atoms with Crippen LogP contribution in [0.4, 0.5) is 4.79 Å². The van der Waals surface area contributed by atoms with E-state index in [9.17, 15) is 9.59 Å². The number of carbonyl (C=O) groups is 2. The van der Waals surface area contributed by atoms with Gasteiger partial charge in [0.05, 0.1) is 19.1 Å². The minimum absolute atomic E-state index is 0.00250. The molecule has 3 aromatic carbocycles. The molecule has 0 radical (unpaired) electrons. The molecule has 0 fully saturated rings. The standard InChI is InChI=1S/C26H23NO5/c28-24(29)14-16-6-5-11-21-23(12-13-31-25(16)21)27-26(30)32-15-22-19-9-3-1-7-17(19)18-8-2-4-10-20(18)22/h1-11,22-23H,12-15H2,(H,27,30)(H,28,29). The number of carbonyl (C=O) groups excluding carboxylic acids is 1. The lowest BCUT2D eigenvalue weighted by atomic mass is 9.96. The molecule has 6 heteroatoms. The Hall–Kier alpha value is -3.80. The van der Waals surface area contributed by atoms with E-state index in [1.807, 2.05) is 30.3 Å². The highest BCUT2D eigenvalue weighted by molar-refractivity contribution is 5.79. The number of nitrogens with one attached hydrogen (secondary N) is 1. The summed E-state index contributed by atoms with van der Waals surface area (Å²) >= 11 is 0. The SMILES string of the molecule is O=C(O)Cc1cccc2c1OCCC2NC(=O)OCC1c2ccccc2-c2ccccc21. The quantitative estimate of drug-likeness (QED) is 0.615. The average molecular weight is 429 g/mol. The van der Waals surface area contributed by atoms with E-state index >= 15 is 0 Å². The van der Waals surface area contributed by atoms with Crippen molar-refractivity contribution in [1.29, 1.82) is 0 Å². The Bertz CT molecular complexity index is 1140. The van der Waals surface area contributed by atoms with Crippen molar-refractivity contribution >= 4 is 12.1 Å². The van der Waals surface area contributed by atoms with Gasteiger partial charge in [-0.25, -0.2) is 4.79 Å². The van der Waals surface area contributed by atoms with Gasteiger partial charge in [0, 0.05) is 23.5 Å². The molecule has 32 heavy (non-hydrogen) atoms. The molecule has 0 saturated carbocycles. The zero-order chi connectivity index (χ0) is 22.1. The van der Waals surface area contributed by atoms with Crippen LogP contribution in [0.1, 0.15) is 40.6 Å². The minimum Gasteiger partial charge on any atom is -0.493 e. The van der Waals surface area contributed by atoms with E-state index in [1.165, 1.54) is 11.1 Å². The number of amides is 1. The van der Waals surface area contributed by atoms with E-state index in [4.69, 9.17) is 14.6 Å². The van der Waals surface area contributed by atoms with E-state index in [1.54, 1.807) is 12.1 Å². The summed E-state index contributed by atoms with van der Waals surface area (Å²) < 4.78 is 11.4. The summed E-state index contributed by atoms with van der Waals surface area (Å²) in [6.45, 7) is 0.646. The number of carboxylic acids is 1. The number of fused-ring (bicyclic) bond motifs is 4. The first-order chi connectivity index (χ1) is 15.6. The van der Waals surface area contributed by atoms with Gasteiger partial charge in [-0.1, -0.05) is 66.7 Å². The van der Waals surface area contributed by atoms with Gasteiger partial charge in [-0.2, -0.15) is 0 Å². The molecule has 0 aromatic heterocycles. The van der Waals surface area contributed by atoms with Crippen molar-refractivity contribution in [3.05, 3.63) is 89.0 Å². The molecule has 3 aromatic rings. The van der Waals surface area contributed by atoms with Crippen molar-refractivity contribution in [2.45, 2.75) is 24.8 Å². The largest absolute Gasteiger partial charge is 0.493 e. The molecule has 162 valence electrons. The van der Waals surface area contributed by atoms with Gasteiger partial charge in [-0.15, -0.1) is 0 Å². The molecule has 1 aliphatic carbocycles. The van der Waals surface area contributed by atoms with Gasteiger partial charge in [0.25, 0.3) is 0 Å². The maximum Gasteiger partial charge on any atom is 0.407 e. The van der Waals surface area contributed by atoms with Crippen LogP contribution in [-0.4, -0.2) is 30.4 Å². The first kappa shape index (κ1) is 20.1. The Morgan fingerprint density at radius 1 is 0.938 bits per heavy atom. The van der Waals surface area contributed by atoms with Crippen LogP contribution in [0.5, 0.6) is 5.75 Å². The second kappa shape index (κ2) is 8.38. The van der Waals surface area contributed by atoms with Crippen molar-refractivity contribution in [2.24, 2.45) is 0 Å². The number of hydrogen-bond acceptors (Lipinski definition) is 4. The fourth-order valence-electron chi connectivity index (χ4n) is 4.72. The number of rotatable bonds is 5.